The number of halogens is 1. The summed E-state index contributed by atoms with van der Waals surface area (Å²) in [5.41, 5.74) is 1.39. The lowest BCUT2D eigenvalue weighted by atomic mass is 10.1. The van der Waals surface area contributed by atoms with Crippen LogP contribution in [0.4, 0.5) is 0 Å². The van der Waals surface area contributed by atoms with Crippen LogP contribution in [-0.2, 0) is 9.53 Å². The van der Waals surface area contributed by atoms with E-state index >= 15 is 0 Å². The van der Waals surface area contributed by atoms with Crippen LogP contribution in [0.2, 0.25) is 0 Å². The van der Waals surface area contributed by atoms with Crippen molar-refractivity contribution in [3.8, 4) is 0 Å². The highest BCUT2D eigenvalue weighted by atomic mass is 35.5. The quantitative estimate of drug-likeness (QED) is 0.599. The minimum absolute atomic E-state index is 0. The first-order chi connectivity index (χ1) is 6.83. The first-order valence-electron chi connectivity index (χ1n) is 5.37. The van der Waals surface area contributed by atoms with Crippen molar-refractivity contribution in [2.45, 2.75) is 32.6 Å². The van der Waals surface area contributed by atoms with Crippen molar-refractivity contribution in [3.63, 3.8) is 0 Å². The normalized spacial score (nSPS) is 19.1. The van der Waals surface area contributed by atoms with E-state index in [0.29, 0.717) is 13.0 Å². The van der Waals surface area contributed by atoms with Crippen molar-refractivity contribution < 1.29 is 9.53 Å². The molecule has 1 rings (SSSR count). The number of rotatable bonds is 3. The third-order valence-corrected chi connectivity index (χ3v) is 2.34. The van der Waals surface area contributed by atoms with Gasteiger partial charge in [0.1, 0.15) is 0 Å². The number of hydrogen-bond acceptors (Lipinski definition) is 3. The number of carbonyl (C=O) groups is 1. The molecule has 0 aliphatic carbocycles. The molecule has 0 amide bonds. The van der Waals surface area contributed by atoms with Crippen LogP contribution < -0.4 is 5.32 Å². The lowest BCUT2D eigenvalue weighted by Crippen LogP contribution is -2.13. The fourth-order valence-corrected chi connectivity index (χ4v) is 1.59. The smallest absolute Gasteiger partial charge is 0.309 e. The van der Waals surface area contributed by atoms with E-state index in [9.17, 15) is 4.79 Å². The molecule has 1 aliphatic rings. The molecule has 0 radical (unpaired) electrons. The molecule has 0 spiro atoms. The Kier molecular flexibility index (Phi) is 8.43. The molecule has 0 aromatic carbocycles. The highest BCUT2D eigenvalue weighted by Crippen LogP contribution is 2.12. The molecule has 0 bridgehead atoms. The van der Waals surface area contributed by atoms with Crippen molar-refractivity contribution in [1.29, 1.82) is 0 Å². The number of nitrogens with one attached hydrogen (secondary N) is 1. The fourth-order valence-electron chi connectivity index (χ4n) is 1.59. The Bertz CT molecular complexity index is 207. The molecule has 4 heteroatoms. The molecule has 0 aromatic rings. The summed E-state index contributed by atoms with van der Waals surface area (Å²) in [6.45, 7) is 4.44. The molecule has 1 aliphatic heterocycles. The summed E-state index contributed by atoms with van der Waals surface area (Å²) in [7, 11) is 0. The summed E-state index contributed by atoms with van der Waals surface area (Å²) in [4.78, 5) is 11.1. The summed E-state index contributed by atoms with van der Waals surface area (Å²) >= 11 is 0. The van der Waals surface area contributed by atoms with Crippen LogP contribution in [-0.4, -0.2) is 25.7 Å². The Morgan fingerprint density at radius 1 is 1.47 bits per heavy atom. The summed E-state index contributed by atoms with van der Waals surface area (Å²) in [6, 6.07) is 0. The Labute approximate surface area is 97.7 Å². The molecule has 1 heterocycles. The summed E-state index contributed by atoms with van der Waals surface area (Å²) < 4.78 is 4.87. The molecule has 0 saturated carbocycles. The van der Waals surface area contributed by atoms with E-state index < -0.39 is 0 Å². The van der Waals surface area contributed by atoms with E-state index in [1.54, 1.807) is 0 Å². The molecule has 88 valence electrons. The standard InChI is InChI=1S/C11H19NO2.ClH/c1-2-14-11(13)6-5-10-4-3-8-12-9-7-10;/h5,12H,2-4,6-9H2,1H3;1H/b10-5+;. The van der Waals surface area contributed by atoms with Crippen molar-refractivity contribution in [3.05, 3.63) is 11.6 Å². The van der Waals surface area contributed by atoms with Crippen LogP contribution in [0.3, 0.4) is 0 Å². The Morgan fingerprint density at radius 3 is 3.00 bits per heavy atom. The van der Waals surface area contributed by atoms with Gasteiger partial charge >= 0.3 is 5.97 Å². The second-order valence-electron chi connectivity index (χ2n) is 3.48. The predicted octanol–water partition coefficient (Wildman–Crippen LogP) is 2.06. The number of hydrogen-bond donors (Lipinski definition) is 1. The van der Waals surface area contributed by atoms with Crippen LogP contribution in [0.25, 0.3) is 0 Å². The molecule has 15 heavy (non-hydrogen) atoms. The van der Waals surface area contributed by atoms with Crippen LogP contribution in [0.15, 0.2) is 11.6 Å². The van der Waals surface area contributed by atoms with Crippen molar-refractivity contribution in [2.24, 2.45) is 0 Å². The number of esters is 1. The van der Waals surface area contributed by atoms with Gasteiger partial charge in [-0.1, -0.05) is 11.6 Å². The third-order valence-electron chi connectivity index (χ3n) is 2.34. The van der Waals surface area contributed by atoms with E-state index in [-0.39, 0.29) is 18.4 Å². The predicted molar refractivity (Wildman–Crippen MR) is 63.3 cm³/mol. The summed E-state index contributed by atoms with van der Waals surface area (Å²) in [5.74, 6) is -0.114. The Morgan fingerprint density at radius 2 is 2.27 bits per heavy atom. The number of ether oxygens (including phenoxy) is 1. The Balaban J connectivity index is 0.00000196. The van der Waals surface area contributed by atoms with Gasteiger partial charge in [0.15, 0.2) is 0 Å². The molecular formula is C11H20ClNO2. The van der Waals surface area contributed by atoms with Gasteiger partial charge in [0.25, 0.3) is 0 Å². The minimum Gasteiger partial charge on any atom is -0.466 e. The van der Waals surface area contributed by atoms with E-state index in [1.165, 1.54) is 12.0 Å². The van der Waals surface area contributed by atoms with Gasteiger partial charge in [-0.15, -0.1) is 12.4 Å². The van der Waals surface area contributed by atoms with E-state index in [1.807, 2.05) is 13.0 Å². The molecule has 0 unspecified atom stereocenters. The average molecular weight is 234 g/mol. The van der Waals surface area contributed by atoms with Gasteiger partial charge in [0.05, 0.1) is 13.0 Å². The van der Waals surface area contributed by atoms with E-state index in [4.69, 9.17) is 4.74 Å². The van der Waals surface area contributed by atoms with Gasteiger partial charge in [0.2, 0.25) is 0 Å². The number of carbonyl (C=O) groups excluding carboxylic acids is 1. The Hall–Kier alpha value is -0.540. The molecular weight excluding hydrogens is 214 g/mol. The fraction of sp³-hybridized carbons (Fsp3) is 0.727. The second-order valence-corrected chi connectivity index (χ2v) is 3.48. The first kappa shape index (κ1) is 14.5. The molecule has 0 atom stereocenters. The topological polar surface area (TPSA) is 38.3 Å². The zero-order valence-electron chi connectivity index (χ0n) is 9.25. The monoisotopic (exact) mass is 233 g/mol. The maximum Gasteiger partial charge on any atom is 0.309 e. The lowest BCUT2D eigenvalue weighted by molar-refractivity contribution is -0.142. The minimum atomic E-state index is -0.114. The third kappa shape index (κ3) is 6.52. The van der Waals surface area contributed by atoms with Crippen molar-refractivity contribution in [1.82, 2.24) is 5.32 Å². The van der Waals surface area contributed by atoms with Gasteiger partial charge in [0, 0.05) is 0 Å². The lowest BCUT2D eigenvalue weighted by Gasteiger charge is -2.02. The highest BCUT2D eigenvalue weighted by Gasteiger charge is 2.04. The van der Waals surface area contributed by atoms with Gasteiger partial charge in [-0.05, 0) is 39.3 Å². The molecule has 1 fully saturated rings. The van der Waals surface area contributed by atoms with E-state index in [0.717, 1.165) is 25.9 Å². The molecule has 1 saturated heterocycles. The van der Waals surface area contributed by atoms with Gasteiger partial charge in [-0.2, -0.15) is 0 Å². The summed E-state index contributed by atoms with van der Waals surface area (Å²) in [5, 5.41) is 3.33. The van der Waals surface area contributed by atoms with E-state index in [2.05, 4.69) is 5.32 Å². The van der Waals surface area contributed by atoms with Crippen molar-refractivity contribution in [2.75, 3.05) is 19.7 Å². The van der Waals surface area contributed by atoms with Gasteiger partial charge in [-0.25, -0.2) is 0 Å². The van der Waals surface area contributed by atoms with Crippen LogP contribution in [0, 0.1) is 0 Å². The van der Waals surface area contributed by atoms with Crippen LogP contribution >= 0.6 is 12.4 Å². The van der Waals surface area contributed by atoms with Crippen LogP contribution in [0.1, 0.15) is 32.6 Å². The molecule has 0 aromatic heterocycles. The maximum atomic E-state index is 11.1. The highest BCUT2D eigenvalue weighted by molar-refractivity contribution is 5.85. The van der Waals surface area contributed by atoms with Gasteiger partial charge < -0.3 is 10.1 Å². The maximum absolute atomic E-state index is 11.1. The SMILES string of the molecule is CCOC(=O)C/C=C1\CCCNCC1.Cl. The summed E-state index contributed by atoms with van der Waals surface area (Å²) in [6.07, 6.45) is 5.83. The molecule has 3 nitrogen and oxygen atoms in total. The van der Waals surface area contributed by atoms with Crippen molar-refractivity contribution >= 4 is 18.4 Å². The largest absolute Gasteiger partial charge is 0.466 e. The van der Waals surface area contributed by atoms with Gasteiger partial charge in [-0.3, -0.25) is 4.79 Å². The zero-order valence-corrected chi connectivity index (χ0v) is 10.1. The first-order valence-corrected chi connectivity index (χ1v) is 5.37. The second kappa shape index (κ2) is 8.74. The zero-order chi connectivity index (χ0) is 10.2. The van der Waals surface area contributed by atoms with Crippen LogP contribution in [0.5, 0.6) is 0 Å². The average Bonchev–Trinajstić information content (AvgIpc) is 2.43. The molecule has 1 N–H and O–H groups in total.